The van der Waals surface area contributed by atoms with E-state index in [1.54, 1.807) is 19.9 Å². The van der Waals surface area contributed by atoms with E-state index in [2.05, 4.69) is 0 Å². The van der Waals surface area contributed by atoms with E-state index in [0.717, 1.165) is 0 Å². The maximum Gasteiger partial charge on any atom is 0.311 e. The summed E-state index contributed by atoms with van der Waals surface area (Å²) >= 11 is 5.80. The third kappa shape index (κ3) is 2.38. The van der Waals surface area contributed by atoms with Gasteiger partial charge in [-0.15, -0.1) is 0 Å². The Morgan fingerprint density at radius 1 is 1.45 bits per heavy atom. The van der Waals surface area contributed by atoms with Crippen molar-refractivity contribution in [3.05, 3.63) is 34.1 Å². The lowest BCUT2D eigenvalue weighted by Crippen LogP contribution is -2.35. The molecule has 1 aromatic carbocycles. The van der Waals surface area contributed by atoms with Crippen molar-refractivity contribution >= 4 is 23.5 Å². The zero-order valence-electron chi connectivity index (χ0n) is 11.2. The Hall–Kier alpha value is -1.62. The second-order valence-corrected chi connectivity index (χ2v) is 5.78. The van der Waals surface area contributed by atoms with Crippen LogP contribution in [0.1, 0.15) is 29.3 Å². The van der Waals surface area contributed by atoms with Gasteiger partial charge in [0.2, 0.25) is 0 Å². The summed E-state index contributed by atoms with van der Waals surface area (Å²) in [7, 11) is 0. The van der Waals surface area contributed by atoms with Gasteiger partial charge in [0.25, 0.3) is 5.91 Å². The summed E-state index contributed by atoms with van der Waals surface area (Å²) in [6.07, 6.45) is 0.356. The minimum Gasteiger partial charge on any atom is -0.481 e. The molecule has 2 rings (SSSR count). The zero-order chi connectivity index (χ0) is 15.1. The number of aliphatic carboxylic acids is 1. The summed E-state index contributed by atoms with van der Waals surface area (Å²) in [6, 6.07) is 2.96. The van der Waals surface area contributed by atoms with Gasteiger partial charge in [-0.05, 0) is 31.9 Å². The van der Waals surface area contributed by atoms with Gasteiger partial charge in [-0.3, -0.25) is 9.59 Å². The molecule has 0 bridgehead atoms. The van der Waals surface area contributed by atoms with Crippen molar-refractivity contribution in [3.8, 4) is 0 Å². The standard InChI is InChI=1S/C14H15ClFNO3/c1-8-3-4-9(11(16)10(8)15)12(18)17-6-5-14(2,7-17)13(19)20/h3-4H,5-7H2,1-2H3,(H,19,20). The van der Waals surface area contributed by atoms with Gasteiger partial charge < -0.3 is 10.0 Å². The fourth-order valence-corrected chi connectivity index (χ4v) is 2.46. The van der Waals surface area contributed by atoms with Crippen molar-refractivity contribution in [2.45, 2.75) is 20.3 Å². The van der Waals surface area contributed by atoms with Crippen LogP contribution in [-0.2, 0) is 4.79 Å². The molecule has 0 spiro atoms. The number of amides is 1. The van der Waals surface area contributed by atoms with E-state index in [1.807, 2.05) is 0 Å². The van der Waals surface area contributed by atoms with Gasteiger partial charge in [0.1, 0.15) is 0 Å². The third-order valence-electron chi connectivity index (χ3n) is 3.78. The first-order valence-corrected chi connectivity index (χ1v) is 6.61. The van der Waals surface area contributed by atoms with Crippen LogP contribution in [0.3, 0.4) is 0 Å². The topological polar surface area (TPSA) is 57.6 Å². The van der Waals surface area contributed by atoms with Crippen LogP contribution in [0.5, 0.6) is 0 Å². The predicted octanol–water partition coefficient (Wildman–Crippen LogP) is 2.72. The van der Waals surface area contributed by atoms with Gasteiger partial charge in [-0.1, -0.05) is 17.7 Å². The van der Waals surface area contributed by atoms with Crippen LogP contribution in [0.4, 0.5) is 4.39 Å². The Morgan fingerprint density at radius 2 is 2.10 bits per heavy atom. The number of carboxylic acids is 1. The van der Waals surface area contributed by atoms with Gasteiger partial charge in [-0.2, -0.15) is 0 Å². The van der Waals surface area contributed by atoms with Crippen LogP contribution in [0.25, 0.3) is 0 Å². The van der Waals surface area contributed by atoms with E-state index < -0.39 is 23.1 Å². The Morgan fingerprint density at radius 3 is 2.65 bits per heavy atom. The second-order valence-electron chi connectivity index (χ2n) is 5.40. The van der Waals surface area contributed by atoms with Crippen LogP contribution < -0.4 is 0 Å². The molecular weight excluding hydrogens is 285 g/mol. The minimum atomic E-state index is -0.972. The number of likely N-dealkylation sites (tertiary alicyclic amines) is 1. The average molecular weight is 300 g/mol. The van der Waals surface area contributed by atoms with Crippen molar-refractivity contribution in [1.29, 1.82) is 0 Å². The maximum absolute atomic E-state index is 14.0. The van der Waals surface area contributed by atoms with E-state index in [-0.39, 0.29) is 17.1 Å². The smallest absolute Gasteiger partial charge is 0.311 e. The second kappa shape index (κ2) is 5.05. The summed E-state index contributed by atoms with van der Waals surface area (Å²) in [6.45, 7) is 3.61. The lowest BCUT2D eigenvalue weighted by atomic mass is 9.90. The molecule has 108 valence electrons. The number of benzene rings is 1. The summed E-state index contributed by atoms with van der Waals surface area (Å²) in [5.74, 6) is -2.22. The molecule has 1 aliphatic rings. The largest absolute Gasteiger partial charge is 0.481 e. The highest BCUT2D eigenvalue weighted by atomic mass is 35.5. The molecular formula is C14H15ClFNO3. The Balaban J connectivity index is 2.26. The molecule has 6 heteroatoms. The van der Waals surface area contributed by atoms with Crippen molar-refractivity contribution in [2.75, 3.05) is 13.1 Å². The first kappa shape index (κ1) is 14.8. The highest BCUT2D eigenvalue weighted by molar-refractivity contribution is 6.31. The van der Waals surface area contributed by atoms with Gasteiger partial charge in [0.15, 0.2) is 5.82 Å². The molecule has 1 heterocycles. The van der Waals surface area contributed by atoms with E-state index in [0.29, 0.717) is 18.5 Å². The van der Waals surface area contributed by atoms with Crippen LogP contribution >= 0.6 is 11.6 Å². The Kier molecular flexibility index (Phi) is 3.73. The quantitative estimate of drug-likeness (QED) is 0.913. The fourth-order valence-electron chi connectivity index (χ4n) is 2.29. The molecule has 0 aromatic heterocycles. The Bertz CT molecular complexity index is 590. The number of carbonyl (C=O) groups is 2. The molecule has 1 atom stereocenters. The lowest BCUT2D eigenvalue weighted by Gasteiger charge is -2.20. The van der Waals surface area contributed by atoms with Gasteiger partial charge in [0.05, 0.1) is 16.0 Å². The highest BCUT2D eigenvalue weighted by Crippen LogP contribution is 2.32. The van der Waals surface area contributed by atoms with E-state index in [1.165, 1.54) is 11.0 Å². The first-order chi connectivity index (χ1) is 9.26. The van der Waals surface area contributed by atoms with Crippen LogP contribution in [0.15, 0.2) is 12.1 Å². The number of carboxylic acid groups (broad SMARTS) is 1. The minimum absolute atomic E-state index is 0.0731. The average Bonchev–Trinajstić information content (AvgIpc) is 2.80. The van der Waals surface area contributed by atoms with Gasteiger partial charge in [0, 0.05) is 13.1 Å². The molecule has 20 heavy (non-hydrogen) atoms. The molecule has 4 nitrogen and oxygen atoms in total. The molecule has 1 unspecified atom stereocenters. The van der Waals surface area contributed by atoms with Crippen molar-refractivity contribution in [3.63, 3.8) is 0 Å². The SMILES string of the molecule is Cc1ccc(C(=O)N2CCC(C)(C(=O)O)C2)c(F)c1Cl. The summed E-state index contributed by atoms with van der Waals surface area (Å²) in [4.78, 5) is 24.8. The summed E-state index contributed by atoms with van der Waals surface area (Å²) in [5.41, 5.74) is -0.534. The number of halogens is 2. The first-order valence-electron chi connectivity index (χ1n) is 6.23. The Labute approximate surface area is 121 Å². The number of rotatable bonds is 2. The van der Waals surface area contributed by atoms with Crippen molar-refractivity contribution < 1.29 is 19.1 Å². The molecule has 1 aromatic rings. The van der Waals surface area contributed by atoms with Crippen molar-refractivity contribution in [1.82, 2.24) is 4.90 Å². The highest BCUT2D eigenvalue weighted by Gasteiger charge is 2.42. The van der Waals surface area contributed by atoms with Gasteiger partial charge >= 0.3 is 5.97 Å². The fraction of sp³-hybridized carbons (Fsp3) is 0.429. The van der Waals surface area contributed by atoms with E-state index >= 15 is 0 Å². The number of carbonyl (C=O) groups excluding carboxylic acids is 1. The number of hydrogen-bond donors (Lipinski definition) is 1. The summed E-state index contributed by atoms with van der Waals surface area (Å²) in [5, 5.41) is 9.07. The van der Waals surface area contributed by atoms with E-state index in [4.69, 9.17) is 16.7 Å². The maximum atomic E-state index is 14.0. The number of nitrogens with zero attached hydrogens (tertiary/aromatic N) is 1. The number of aryl methyl sites for hydroxylation is 1. The van der Waals surface area contributed by atoms with Crippen LogP contribution in [0.2, 0.25) is 5.02 Å². The molecule has 1 aliphatic heterocycles. The molecule has 1 amide bonds. The lowest BCUT2D eigenvalue weighted by molar-refractivity contribution is -0.147. The molecule has 1 fully saturated rings. The monoisotopic (exact) mass is 299 g/mol. The van der Waals surface area contributed by atoms with Crippen LogP contribution in [0, 0.1) is 18.2 Å². The van der Waals surface area contributed by atoms with E-state index in [9.17, 15) is 14.0 Å². The van der Waals surface area contributed by atoms with Gasteiger partial charge in [-0.25, -0.2) is 4.39 Å². The molecule has 0 radical (unpaired) electrons. The predicted molar refractivity (Wildman–Crippen MR) is 72.4 cm³/mol. The number of hydrogen-bond acceptors (Lipinski definition) is 2. The molecule has 0 aliphatic carbocycles. The third-order valence-corrected chi connectivity index (χ3v) is 4.25. The molecule has 0 saturated carbocycles. The van der Waals surface area contributed by atoms with Crippen molar-refractivity contribution in [2.24, 2.45) is 5.41 Å². The van der Waals surface area contributed by atoms with Crippen LogP contribution in [-0.4, -0.2) is 35.0 Å². The molecule has 1 N–H and O–H groups in total. The molecule has 1 saturated heterocycles. The summed E-state index contributed by atoms with van der Waals surface area (Å²) < 4.78 is 14.0. The normalized spacial score (nSPS) is 22.1. The zero-order valence-corrected chi connectivity index (χ0v) is 12.0.